The molecule has 0 bridgehead atoms. The van der Waals surface area contributed by atoms with Gasteiger partial charge >= 0.3 is 11.9 Å². The molecule has 0 aromatic carbocycles. The SMILES string of the molecule is CCCC(C(=O)O)(C1CCCC1)C(CC(C)C)(CC(C)C)C(=O)O. The zero-order chi connectivity index (χ0) is 18.5. The molecule has 1 fully saturated rings. The van der Waals surface area contributed by atoms with E-state index in [0.29, 0.717) is 25.7 Å². The Morgan fingerprint density at radius 1 is 0.958 bits per heavy atom. The minimum absolute atomic E-state index is 0.0245. The van der Waals surface area contributed by atoms with E-state index in [-0.39, 0.29) is 17.8 Å². The van der Waals surface area contributed by atoms with Crippen LogP contribution in [0.2, 0.25) is 0 Å². The van der Waals surface area contributed by atoms with Crippen molar-refractivity contribution in [1.82, 2.24) is 0 Å². The van der Waals surface area contributed by atoms with Crippen molar-refractivity contribution in [2.24, 2.45) is 28.6 Å². The summed E-state index contributed by atoms with van der Waals surface area (Å²) >= 11 is 0. The standard InChI is InChI=1S/C20H36O4/c1-6-11-20(18(23)24,16-9-7-8-10-16)19(17(21)22,12-14(2)3)13-15(4)5/h14-16H,6-13H2,1-5H3,(H,21,22)(H,23,24). The van der Waals surface area contributed by atoms with Gasteiger partial charge in [-0.2, -0.15) is 0 Å². The highest BCUT2D eigenvalue weighted by molar-refractivity contribution is 5.87. The van der Waals surface area contributed by atoms with Crippen LogP contribution in [0, 0.1) is 28.6 Å². The van der Waals surface area contributed by atoms with Crippen molar-refractivity contribution in [3.63, 3.8) is 0 Å². The van der Waals surface area contributed by atoms with E-state index < -0.39 is 22.8 Å². The van der Waals surface area contributed by atoms with Crippen molar-refractivity contribution < 1.29 is 19.8 Å². The lowest BCUT2D eigenvalue weighted by Gasteiger charge is -2.50. The topological polar surface area (TPSA) is 74.6 Å². The third-order valence-corrected chi connectivity index (χ3v) is 5.85. The summed E-state index contributed by atoms with van der Waals surface area (Å²) in [5.74, 6) is -1.52. The summed E-state index contributed by atoms with van der Waals surface area (Å²) in [5, 5.41) is 20.7. The number of carbonyl (C=O) groups is 2. The summed E-state index contributed by atoms with van der Waals surface area (Å²) in [6.45, 7) is 10.00. The first kappa shape index (κ1) is 21.0. The Hall–Kier alpha value is -1.06. The number of hydrogen-bond acceptors (Lipinski definition) is 2. The predicted octanol–water partition coefficient (Wildman–Crippen LogP) is 5.21. The van der Waals surface area contributed by atoms with Gasteiger partial charge in [0.15, 0.2) is 0 Å². The average Bonchev–Trinajstić information content (AvgIpc) is 2.96. The van der Waals surface area contributed by atoms with Crippen LogP contribution >= 0.6 is 0 Å². The van der Waals surface area contributed by atoms with Gasteiger partial charge in [-0.1, -0.05) is 53.9 Å². The molecule has 0 aromatic rings. The molecule has 0 aromatic heterocycles. The second-order valence-corrected chi connectivity index (χ2v) is 8.59. The van der Waals surface area contributed by atoms with Crippen molar-refractivity contribution in [2.75, 3.05) is 0 Å². The molecular formula is C20H36O4. The fraction of sp³-hybridized carbons (Fsp3) is 0.900. The molecule has 1 unspecified atom stereocenters. The molecule has 0 aliphatic heterocycles. The Kier molecular flexibility index (Phi) is 7.30. The minimum atomic E-state index is -1.19. The zero-order valence-electron chi connectivity index (χ0n) is 16.1. The van der Waals surface area contributed by atoms with Gasteiger partial charge in [-0.05, 0) is 49.9 Å². The summed E-state index contributed by atoms with van der Waals surface area (Å²) in [6, 6.07) is 0. The molecular weight excluding hydrogens is 304 g/mol. The lowest BCUT2D eigenvalue weighted by Crippen LogP contribution is -2.57. The maximum absolute atomic E-state index is 12.6. The van der Waals surface area contributed by atoms with Crippen LogP contribution in [0.25, 0.3) is 0 Å². The van der Waals surface area contributed by atoms with Gasteiger partial charge in [-0.15, -0.1) is 0 Å². The van der Waals surface area contributed by atoms with E-state index in [1.165, 1.54) is 0 Å². The van der Waals surface area contributed by atoms with Crippen LogP contribution in [-0.4, -0.2) is 22.2 Å². The van der Waals surface area contributed by atoms with Crippen LogP contribution < -0.4 is 0 Å². The largest absolute Gasteiger partial charge is 0.481 e. The maximum Gasteiger partial charge on any atom is 0.311 e. The van der Waals surface area contributed by atoms with E-state index in [9.17, 15) is 19.8 Å². The summed E-state index contributed by atoms with van der Waals surface area (Å²) in [5.41, 5.74) is -2.34. The van der Waals surface area contributed by atoms with Crippen molar-refractivity contribution in [3.8, 4) is 0 Å². The smallest absolute Gasteiger partial charge is 0.311 e. The Balaban J connectivity index is 3.63. The van der Waals surface area contributed by atoms with Gasteiger partial charge in [0, 0.05) is 0 Å². The predicted molar refractivity (Wildman–Crippen MR) is 95.9 cm³/mol. The maximum atomic E-state index is 12.6. The van der Waals surface area contributed by atoms with Gasteiger partial charge in [0.25, 0.3) is 0 Å². The molecule has 4 heteroatoms. The molecule has 24 heavy (non-hydrogen) atoms. The Labute approximate surface area is 147 Å². The van der Waals surface area contributed by atoms with E-state index in [1.54, 1.807) is 0 Å². The van der Waals surface area contributed by atoms with Crippen molar-refractivity contribution >= 4 is 11.9 Å². The monoisotopic (exact) mass is 340 g/mol. The van der Waals surface area contributed by atoms with E-state index in [4.69, 9.17) is 0 Å². The van der Waals surface area contributed by atoms with Gasteiger partial charge < -0.3 is 10.2 Å². The van der Waals surface area contributed by atoms with E-state index >= 15 is 0 Å². The second-order valence-electron chi connectivity index (χ2n) is 8.59. The van der Waals surface area contributed by atoms with Crippen LogP contribution in [0.3, 0.4) is 0 Å². The fourth-order valence-electron chi connectivity index (χ4n) is 5.34. The molecule has 1 atom stereocenters. The van der Waals surface area contributed by atoms with E-state index in [1.807, 2.05) is 34.6 Å². The summed E-state index contributed by atoms with van der Waals surface area (Å²) < 4.78 is 0. The quantitative estimate of drug-likeness (QED) is 0.572. The fourth-order valence-corrected chi connectivity index (χ4v) is 5.34. The van der Waals surface area contributed by atoms with Crippen LogP contribution in [0.5, 0.6) is 0 Å². The molecule has 1 aliphatic carbocycles. The molecule has 0 saturated heterocycles. The van der Waals surface area contributed by atoms with Gasteiger partial charge in [0.1, 0.15) is 0 Å². The molecule has 0 radical (unpaired) electrons. The van der Waals surface area contributed by atoms with Crippen LogP contribution in [-0.2, 0) is 9.59 Å². The highest BCUT2D eigenvalue weighted by atomic mass is 16.4. The molecule has 1 rings (SSSR count). The Morgan fingerprint density at radius 2 is 1.42 bits per heavy atom. The third-order valence-electron chi connectivity index (χ3n) is 5.85. The van der Waals surface area contributed by atoms with Crippen LogP contribution in [0.4, 0.5) is 0 Å². The second kappa shape index (κ2) is 8.35. The Morgan fingerprint density at radius 3 is 1.71 bits per heavy atom. The number of rotatable bonds is 10. The molecule has 1 saturated carbocycles. The number of aliphatic carboxylic acids is 2. The lowest BCUT2D eigenvalue weighted by atomic mass is 9.50. The summed E-state index contributed by atoms with van der Waals surface area (Å²) in [7, 11) is 0. The van der Waals surface area contributed by atoms with Crippen molar-refractivity contribution in [3.05, 3.63) is 0 Å². The average molecular weight is 341 g/mol. The van der Waals surface area contributed by atoms with Gasteiger partial charge in [0.2, 0.25) is 0 Å². The Bertz CT molecular complexity index is 425. The number of hydrogen-bond donors (Lipinski definition) is 2. The summed E-state index contributed by atoms with van der Waals surface area (Å²) in [6.07, 6.45) is 5.75. The van der Waals surface area contributed by atoms with E-state index in [2.05, 4.69) is 0 Å². The molecule has 0 spiro atoms. The van der Waals surface area contributed by atoms with Gasteiger partial charge in [-0.25, -0.2) is 0 Å². The highest BCUT2D eigenvalue weighted by Gasteiger charge is 2.64. The van der Waals surface area contributed by atoms with Crippen LogP contribution in [0.1, 0.15) is 86.0 Å². The number of carboxylic acids is 2. The molecule has 1 aliphatic rings. The first-order chi connectivity index (χ1) is 11.1. The third kappa shape index (κ3) is 3.78. The molecule has 140 valence electrons. The van der Waals surface area contributed by atoms with E-state index in [0.717, 1.165) is 25.7 Å². The first-order valence-electron chi connectivity index (χ1n) is 9.60. The normalized spacial score (nSPS) is 19.0. The molecule has 0 amide bonds. The van der Waals surface area contributed by atoms with Crippen molar-refractivity contribution in [2.45, 2.75) is 86.0 Å². The molecule has 4 nitrogen and oxygen atoms in total. The minimum Gasteiger partial charge on any atom is -0.481 e. The first-order valence-corrected chi connectivity index (χ1v) is 9.60. The molecule has 0 heterocycles. The van der Waals surface area contributed by atoms with Crippen LogP contribution in [0.15, 0.2) is 0 Å². The zero-order valence-corrected chi connectivity index (χ0v) is 16.1. The summed E-state index contributed by atoms with van der Waals surface area (Å²) in [4.78, 5) is 25.3. The van der Waals surface area contributed by atoms with Gasteiger partial charge in [-0.3, -0.25) is 9.59 Å². The molecule has 2 N–H and O–H groups in total. The van der Waals surface area contributed by atoms with Gasteiger partial charge in [0.05, 0.1) is 10.8 Å². The lowest BCUT2D eigenvalue weighted by molar-refractivity contribution is -0.187. The number of carboxylic acid groups (broad SMARTS) is 2. The van der Waals surface area contributed by atoms with Crippen molar-refractivity contribution in [1.29, 1.82) is 0 Å². The highest BCUT2D eigenvalue weighted by Crippen LogP contribution is 2.59.